The van der Waals surface area contributed by atoms with E-state index in [9.17, 15) is 13.2 Å². The number of nitrogens with zero attached hydrogens (tertiary/aromatic N) is 2. The van der Waals surface area contributed by atoms with Crippen molar-refractivity contribution in [3.05, 3.63) is 83.4 Å². The number of methoxy groups -OCH3 is 1. The highest BCUT2D eigenvalue weighted by Crippen LogP contribution is 2.36. The predicted octanol–water partition coefficient (Wildman–Crippen LogP) is 4.52. The van der Waals surface area contributed by atoms with Crippen molar-refractivity contribution in [3.8, 4) is 5.75 Å². The molecule has 3 aromatic rings. The molecule has 0 spiro atoms. The second-order valence-electron chi connectivity index (χ2n) is 7.59. The highest BCUT2D eigenvalue weighted by molar-refractivity contribution is 7.92. The lowest BCUT2D eigenvalue weighted by molar-refractivity contribution is -0.117. The summed E-state index contributed by atoms with van der Waals surface area (Å²) in [6, 6.07) is 20.3. The van der Waals surface area contributed by atoms with Crippen LogP contribution in [0.2, 0.25) is 5.02 Å². The fourth-order valence-electron chi connectivity index (χ4n) is 4.02. The van der Waals surface area contributed by atoms with Crippen molar-refractivity contribution < 1.29 is 17.9 Å². The number of para-hydroxylation sites is 1. The summed E-state index contributed by atoms with van der Waals surface area (Å²) in [7, 11) is -2.63. The number of hydrogen-bond acceptors (Lipinski definition) is 4. The Morgan fingerprint density at radius 3 is 2.50 bits per heavy atom. The van der Waals surface area contributed by atoms with Gasteiger partial charge in [0.05, 0.1) is 17.7 Å². The highest BCUT2D eigenvalue weighted by Gasteiger charge is 2.35. The minimum Gasteiger partial charge on any atom is -0.495 e. The molecule has 4 rings (SSSR count). The Bertz CT molecular complexity index is 1250. The molecule has 1 aliphatic rings. The third kappa shape index (κ3) is 4.06. The van der Waals surface area contributed by atoms with Crippen LogP contribution < -0.4 is 13.9 Å². The fraction of sp³-hybridized carbons (Fsp3) is 0.208. The first kappa shape index (κ1) is 22.2. The standard InChI is InChI=1S/C24H23ClN2O4S/c1-17-14-18-8-6-7-11-21(18)27(17)24(28)16-26(22-15-19(25)12-13-23(22)31-2)32(29,30)20-9-4-3-5-10-20/h3-13,15,17H,14,16H2,1-2H3/t17-/m1/s1. The van der Waals surface area contributed by atoms with Crippen LogP contribution in [0.3, 0.4) is 0 Å². The largest absolute Gasteiger partial charge is 0.495 e. The second kappa shape index (κ2) is 8.84. The van der Waals surface area contributed by atoms with Crippen LogP contribution in [0.15, 0.2) is 77.7 Å². The average molecular weight is 471 g/mol. The molecule has 6 nitrogen and oxygen atoms in total. The van der Waals surface area contributed by atoms with Gasteiger partial charge in [-0.05, 0) is 55.3 Å². The number of hydrogen-bond donors (Lipinski definition) is 0. The molecule has 0 aromatic heterocycles. The number of carbonyl (C=O) groups excluding carboxylic acids is 1. The first-order chi connectivity index (χ1) is 15.3. The van der Waals surface area contributed by atoms with Gasteiger partial charge in [0.25, 0.3) is 10.0 Å². The molecule has 3 aromatic carbocycles. The molecule has 166 valence electrons. The van der Waals surface area contributed by atoms with E-state index in [1.54, 1.807) is 35.2 Å². The number of amides is 1. The lowest BCUT2D eigenvalue weighted by atomic mass is 10.1. The average Bonchev–Trinajstić information content (AvgIpc) is 3.13. The summed E-state index contributed by atoms with van der Waals surface area (Å²) in [6.45, 7) is 1.56. The summed E-state index contributed by atoms with van der Waals surface area (Å²) in [4.78, 5) is 15.3. The van der Waals surface area contributed by atoms with Crippen molar-refractivity contribution in [1.82, 2.24) is 0 Å². The maximum Gasteiger partial charge on any atom is 0.264 e. The van der Waals surface area contributed by atoms with Crippen LogP contribution in [0.5, 0.6) is 5.75 Å². The quantitative estimate of drug-likeness (QED) is 0.531. The monoisotopic (exact) mass is 470 g/mol. The molecule has 1 amide bonds. The normalized spacial score (nSPS) is 15.3. The molecule has 0 fully saturated rings. The zero-order chi connectivity index (χ0) is 22.9. The number of rotatable bonds is 6. The fourth-order valence-corrected chi connectivity index (χ4v) is 5.63. The predicted molar refractivity (Wildman–Crippen MR) is 126 cm³/mol. The molecule has 0 aliphatic carbocycles. The van der Waals surface area contributed by atoms with Gasteiger partial charge in [-0.15, -0.1) is 0 Å². The minimum atomic E-state index is -4.08. The number of ether oxygens (including phenoxy) is 1. The maximum absolute atomic E-state index is 13.6. The summed E-state index contributed by atoms with van der Waals surface area (Å²) >= 11 is 6.20. The van der Waals surface area contributed by atoms with Gasteiger partial charge in [0, 0.05) is 16.8 Å². The Morgan fingerprint density at radius 2 is 1.78 bits per heavy atom. The Labute approximate surface area is 193 Å². The molecule has 0 saturated heterocycles. The Morgan fingerprint density at radius 1 is 1.09 bits per heavy atom. The molecule has 0 saturated carbocycles. The van der Waals surface area contributed by atoms with Gasteiger partial charge in [0.2, 0.25) is 5.91 Å². The molecule has 0 radical (unpaired) electrons. The third-order valence-corrected chi connectivity index (χ3v) is 7.50. The van der Waals surface area contributed by atoms with Crippen LogP contribution in [0.4, 0.5) is 11.4 Å². The summed E-state index contributed by atoms with van der Waals surface area (Å²) < 4.78 is 33.8. The zero-order valence-electron chi connectivity index (χ0n) is 17.7. The van der Waals surface area contributed by atoms with E-state index in [2.05, 4.69) is 0 Å². The molecule has 1 heterocycles. The number of halogens is 1. The molecule has 1 atom stereocenters. The van der Waals surface area contributed by atoms with E-state index >= 15 is 0 Å². The molecular weight excluding hydrogens is 448 g/mol. The van der Waals surface area contributed by atoms with Crippen molar-refractivity contribution in [2.24, 2.45) is 0 Å². The number of anilines is 2. The molecule has 0 bridgehead atoms. The maximum atomic E-state index is 13.6. The van der Waals surface area contributed by atoms with E-state index in [1.807, 2.05) is 31.2 Å². The van der Waals surface area contributed by atoms with Crippen LogP contribution in [-0.2, 0) is 21.2 Å². The molecule has 0 unspecified atom stereocenters. The molecule has 8 heteroatoms. The van der Waals surface area contributed by atoms with E-state index in [0.717, 1.165) is 15.6 Å². The van der Waals surface area contributed by atoms with Gasteiger partial charge in [-0.1, -0.05) is 48.0 Å². The zero-order valence-corrected chi connectivity index (χ0v) is 19.3. The SMILES string of the molecule is COc1ccc(Cl)cc1N(CC(=O)N1c2ccccc2C[C@H]1C)S(=O)(=O)c1ccccc1. The summed E-state index contributed by atoms with van der Waals surface area (Å²) in [5, 5.41) is 0.335. The smallest absolute Gasteiger partial charge is 0.264 e. The molecule has 0 N–H and O–H groups in total. The van der Waals surface area contributed by atoms with Crippen molar-refractivity contribution in [1.29, 1.82) is 0 Å². The van der Waals surface area contributed by atoms with E-state index in [0.29, 0.717) is 17.2 Å². The van der Waals surface area contributed by atoms with Crippen molar-refractivity contribution >= 4 is 38.9 Å². The Balaban J connectivity index is 1.79. The van der Waals surface area contributed by atoms with Crippen molar-refractivity contribution in [3.63, 3.8) is 0 Å². The number of carbonyl (C=O) groups is 1. The van der Waals surface area contributed by atoms with Crippen molar-refractivity contribution in [2.75, 3.05) is 22.9 Å². The highest BCUT2D eigenvalue weighted by atomic mass is 35.5. The van der Waals surface area contributed by atoms with Crippen LogP contribution in [0.25, 0.3) is 0 Å². The Kier molecular flexibility index (Phi) is 6.13. The summed E-state index contributed by atoms with van der Waals surface area (Å²) in [5.41, 5.74) is 2.07. The van der Waals surface area contributed by atoms with Crippen molar-refractivity contribution in [2.45, 2.75) is 24.3 Å². The topological polar surface area (TPSA) is 66.9 Å². The molecular formula is C24H23ClN2O4S. The number of benzene rings is 3. The van der Waals surface area contributed by atoms with E-state index in [1.165, 1.54) is 25.3 Å². The van der Waals surface area contributed by atoms with Gasteiger partial charge in [-0.25, -0.2) is 8.42 Å². The molecule has 1 aliphatic heterocycles. The van der Waals surface area contributed by atoms with Gasteiger partial charge >= 0.3 is 0 Å². The van der Waals surface area contributed by atoms with E-state index < -0.39 is 16.6 Å². The van der Waals surface area contributed by atoms with Gasteiger partial charge in [-0.2, -0.15) is 0 Å². The second-order valence-corrected chi connectivity index (χ2v) is 9.89. The van der Waals surface area contributed by atoms with Crippen LogP contribution in [0.1, 0.15) is 12.5 Å². The van der Waals surface area contributed by atoms with Gasteiger partial charge in [0.1, 0.15) is 12.3 Å². The summed E-state index contributed by atoms with van der Waals surface area (Å²) in [5.74, 6) is -0.0273. The van der Waals surface area contributed by atoms with Gasteiger partial charge in [0.15, 0.2) is 0 Å². The minimum absolute atomic E-state index is 0.0738. The summed E-state index contributed by atoms with van der Waals surface area (Å²) in [6.07, 6.45) is 0.716. The first-order valence-corrected chi connectivity index (χ1v) is 12.0. The van der Waals surface area contributed by atoms with Crippen LogP contribution in [0, 0.1) is 0 Å². The number of sulfonamides is 1. The van der Waals surface area contributed by atoms with Gasteiger partial charge in [-0.3, -0.25) is 9.10 Å². The van der Waals surface area contributed by atoms with Crippen LogP contribution >= 0.6 is 11.6 Å². The lowest BCUT2D eigenvalue weighted by Crippen LogP contribution is -2.45. The lowest BCUT2D eigenvalue weighted by Gasteiger charge is -2.29. The van der Waals surface area contributed by atoms with Gasteiger partial charge < -0.3 is 9.64 Å². The first-order valence-electron chi connectivity index (χ1n) is 10.1. The van der Waals surface area contributed by atoms with E-state index in [-0.39, 0.29) is 22.5 Å². The molecule has 32 heavy (non-hydrogen) atoms. The van der Waals surface area contributed by atoms with E-state index in [4.69, 9.17) is 16.3 Å². The third-order valence-electron chi connectivity index (χ3n) is 5.50. The van der Waals surface area contributed by atoms with Crippen LogP contribution in [-0.4, -0.2) is 34.0 Å². The number of fused-ring (bicyclic) bond motifs is 1. The Hall–Kier alpha value is -3.03.